The van der Waals surface area contributed by atoms with Crippen LogP contribution in [-0.4, -0.2) is 25.8 Å². The average Bonchev–Trinajstić information content (AvgIpc) is 2.57. The molecule has 2 rings (SSSR count). The molecule has 0 bridgehead atoms. The molecule has 0 aliphatic rings. The van der Waals surface area contributed by atoms with Crippen molar-refractivity contribution in [3.05, 3.63) is 54.1 Å². The van der Waals surface area contributed by atoms with Crippen LogP contribution in [0.5, 0.6) is 0 Å². The predicted octanol–water partition coefficient (Wildman–Crippen LogP) is 4.60. The summed E-state index contributed by atoms with van der Waals surface area (Å²) in [6, 6.07) is 14.8. The molecule has 0 fully saturated rings. The number of esters is 1. The fraction of sp³-hybridized carbons (Fsp3) is 0.350. The predicted molar refractivity (Wildman–Crippen MR) is 94.3 cm³/mol. The van der Waals surface area contributed by atoms with Crippen molar-refractivity contribution in [3.63, 3.8) is 0 Å². The molecule has 23 heavy (non-hydrogen) atoms. The summed E-state index contributed by atoms with van der Waals surface area (Å²) in [5.74, 6) is -0.289. The lowest BCUT2D eigenvalue weighted by Gasteiger charge is -2.03. The Morgan fingerprint density at radius 2 is 1.91 bits per heavy atom. The van der Waals surface area contributed by atoms with Crippen molar-refractivity contribution in [3.8, 4) is 0 Å². The van der Waals surface area contributed by atoms with E-state index in [1.807, 2.05) is 0 Å². The normalized spacial score (nSPS) is 11.2. The van der Waals surface area contributed by atoms with Crippen LogP contribution in [-0.2, 0) is 14.3 Å². The van der Waals surface area contributed by atoms with Gasteiger partial charge in [-0.25, -0.2) is 4.79 Å². The molecule has 0 spiro atoms. The standard InChI is InChI=1S/C20H24O3/c1-2-23-20(21)16-22-15-8-4-3-5-10-17-12-9-13-18-11-6-7-14-19(17)18/h5-7,9-14H,2-4,8,15-16H2,1H3. The summed E-state index contributed by atoms with van der Waals surface area (Å²) in [5.41, 5.74) is 1.25. The Kier molecular flexibility index (Phi) is 7.34. The summed E-state index contributed by atoms with van der Waals surface area (Å²) in [4.78, 5) is 11.1. The molecular weight excluding hydrogens is 288 g/mol. The van der Waals surface area contributed by atoms with E-state index >= 15 is 0 Å². The molecule has 0 N–H and O–H groups in total. The fourth-order valence-corrected chi connectivity index (χ4v) is 2.43. The van der Waals surface area contributed by atoms with E-state index in [1.54, 1.807) is 6.92 Å². The maximum atomic E-state index is 11.1. The number of fused-ring (bicyclic) bond motifs is 1. The van der Waals surface area contributed by atoms with Crippen molar-refractivity contribution in [1.82, 2.24) is 0 Å². The summed E-state index contributed by atoms with van der Waals surface area (Å²) < 4.78 is 10.1. The molecule has 0 unspecified atom stereocenters. The van der Waals surface area contributed by atoms with Crippen molar-refractivity contribution in [2.24, 2.45) is 0 Å². The van der Waals surface area contributed by atoms with E-state index in [1.165, 1.54) is 16.3 Å². The van der Waals surface area contributed by atoms with Crippen molar-refractivity contribution >= 4 is 22.8 Å². The van der Waals surface area contributed by atoms with Gasteiger partial charge < -0.3 is 9.47 Å². The van der Waals surface area contributed by atoms with E-state index in [2.05, 4.69) is 54.6 Å². The number of carbonyl (C=O) groups is 1. The minimum Gasteiger partial charge on any atom is -0.464 e. The molecule has 2 aromatic carbocycles. The highest BCUT2D eigenvalue weighted by Gasteiger charge is 2.00. The second-order valence-electron chi connectivity index (χ2n) is 5.32. The Balaban J connectivity index is 1.68. The van der Waals surface area contributed by atoms with Crippen LogP contribution in [0, 0.1) is 0 Å². The monoisotopic (exact) mass is 312 g/mol. The van der Waals surface area contributed by atoms with Gasteiger partial charge in [0.05, 0.1) is 6.61 Å². The number of benzene rings is 2. The van der Waals surface area contributed by atoms with Gasteiger partial charge in [0, 0.05) is 6.61 Å². The summed E-state index contributed by atoms with van der Waals surface area (Å²) >= 11 is 0. The maximum absolute atomic E-state index is 11.1. The third-order valence-corrected chi connectivity index (χ3v) is 3.56. The van der Waals surface area contributed by atoms with Crippen molar-refractivity contribution < 1.29 is 14.3 Å². The second kappa shape index (κ2) is 9.80. The third kappa shape index (κ3) is 5.87. The Bertz CT molecular complexity index is 641. The molecule has 0 amide bonds. The van der Waals surface area contributed by atoms with Gasteiger partial charge in [0.1, 0.15) is 6.61 Å². The van der Waals surface area contributed by atoms with Crippen LogP contribution in [0.1, 0.15) is 31.7 Å². The maximum Gasteiger partial charge on any atom is 0.332 e. The topological polar surface area (TPSA) is 35.5 Å². The Labute approximate surface area is 137 Å². The molecule has 0 saturated carbocycles. The molecule has 0 aromatic heterocycles. The van der Waals surface area contributed by atoms with Crippen LogP contribution in [0.2, 0.25) is 0 Å². The van der Waals surface area contributed by atoms with E-state index in [0.29, 0.717) is 13.2 Å². The van der Waals surface area contributed by atoms with Gasteiger partial charge in [0.25, 0.3) is 0 Å². The van der Waals surface area contributed by atoms with Gasteiger partial charge in [0.15, 0.2) is 0 Å². The van der Waals surface area contributed by atoms with E-state index in [-0.39, 0.29) is 12.6 Å². The lowest BCUT2D eigenvalue weighted by atomic mass is 10.0. The van der Waals surface area contributed by atoms with Crippen LogP contribution in [0.3, 0.4) is 0 Å². The van der Waals surface area contributed by atoms with Crippen LogP contribution in [0.25, 0.3) is 16.8 Å². The molecule has 0 aliphatic carbocycles. The Morgan fingerprint density at radius 1 is 1.09 bits per heavy atom. The third-order valence-electron chi connectivity index (χ3n) is 3.56. The minimum absolute atomic E-state index is 0.0552. The number of allylic oxidation sites excluding steroid dienone is 1. The van der Waals surface area contributed by atoms with Crippen molar-refractivity contribution in [2.45, 2.75) is 26.2 Å². The molecular formula is C20H24O3. The molecule has 122 valence electrons. The minimum atomic E-state index is -0.289. The van der Waals surface area contributed by atoms with Gasteiger partial charge in [0.2, 0.25) is 0 Å². The zero-order chi connectivity index (χ0) is 16.3. The first-order chi connectivity index (χ1) is 11.3. The Hall–Kier alpha value is -2.13. The van der Waals surface area contributed by atoms with Crippen molar-refractivity contribution in [2.75, 3.05) is 19.8 Å². The molecule has 3 nitrogen and oxygen atoms in total. The van der Waals surface area contributed by atoms with Gasteiger partial charge in [-0.05, 0) is 42.5 Å². The summed E-state index contributed by atoms with van der Waals surface area (Å²) in [5, 5.41) is 2.55. The average molecular weight is 312 g/mol. The zero-order valence-electron chi connectivity index (χ0n) is 13.7. The summed E-state index contributed by atoms with van der Waals surface area (Å²) in [7, 11) is 0. The highest BCUT2D eigenvalue weighted by Crippen LogP contribution is 2.19. The van der Waals surface area contributed by atoms with Crippen molar-refractivity contribution in [1.29, 1.82) is 0 Å². The summed E-state index contributed by atoms with van der Waals surface area (Å²) in [6.07, 6.45) is 7.38. The smallest absolute Gasteiger partial charge is 0.332 e. The molecule has 3 heteroatoms. The van der Waals surface area contributed by atoms with Gasteiger partial charge in [-0.1, -0.05) is 54.6 Å². The number of hydrogen-bond donors (Lipinski definition) is 0. The summed E-state index contributed by atoms with van der Waals surface area (Å²) in [6.45, 7) is 2.85. The number of carbonyl (C=O) groups excluding carboxylic acids is 1. The first-order valence-electron chi connectivity index (χ1n) is 8.19. The zero-order valence-corrected chi connectivity index (χ0v) is 13.7. The van der Waals surface area contributed by atoms with E-state index in [9.17, 15) is 4.79 Å². The largest absolute Gasteiger partial charge is 0.464 e. The molecule has 0 heterocycles. The van der Waals surface area contributed by atoms with Crippen LogP contribution in [0.4, 0.5) is 0 Å². The van der Waals surface area contributed by atoms with Gasteiger partial charge >= 0.3 is 5.97 Å². The number of rotatable bonds is 9. The van der Waals surface area contributed by atoms with Crippen LogP contribution in [0.15, 0.2) is 48.5 Å². The highest BCUT2D eigenvalue weighted by molar-refractivity contribution is 5.90. The van der Waals surface area contributed by atoms with Gasteiger partial charge in [-0.15, -0.1) is 0 Å². The highest BCUT2D eigenvalue weighted by atomic mass is 16.6. The first kappa shape index (κ1) is 17.2. The van der Waals surface area contributed by atoms with E-state index in [0.717, 1.165) is 19.3 Å². The Morgan fingerprint density at radius 3 is 2.78 bits per heavy atom. The fourth-order valence-electron chi connectivity index (χ4n) is 2.43. The number of hydrogen-bond acceptors (Lipinski definition) is 3. The molecule has 0 aliphatic heterocycles. The van der Waals surface area contributed by atoms with Crippen LogP contribution < -0.4 is 0 Å². The second-order valence-corrected chi connectivity index (χ2v) is 5.32. The van der Waals surface area contributed by atoms with Gasteiger partial charge in [-0.2, -0.15) is 0 Å². The van der Waals surface area contributed by atoms with E-state index in [4.69, 9.17) is 9.47 Å². The number of unbranched alkanes of at least 4 members (excludes halogenated alkanes) is 2. The molecule has 0 saturated heterocycles. The SMILES string of the molecule is CCOC(=O)COCCCCC=Cc1cccc2ccccc12. The first-order valence-corrected chi connectivity index (χ1v) is 8.19. The number of ether oxygens (including phenoxy) is 2. The lowest BCUT2D eigenvalue weighted by molar-refractivity contribution is -0.148. The lowest BCUT2D eigenvalue weighted by Crippen LogP contribution is -2.12. The molecule has 0 radical (unpaired) electrons. The quantitative estimate of drug-likeness (QED) is 0.501. The molecule has 2 aromatic rings. The molecule has 0 atom stereocenters. The van der Waals surface area contributed by atoms with Gasteiger partial charge in [-0.3, -0.25) is 0 Å². The van der Waals surface area contributed by atoms with E-state index < -0.39 is 0 Å². The van der Waals surface area contributed by atoms with Crippen LogP contribution >= 0.6 is 0 Å².